The van der Waals surface area contributed by atoms with Crippen LogP contribution in [0.5, 0.6) is 0 Å². The largest absolute Gasteiger partial charge is 0.395 e. The van der Waals surface area contributed by atoms with Gasteiger partial charge in [-0.05, 0) is 19.1 Å². The van der Waals surface area contributed by atoms with Crippen LogP contribution in [0, 0.1) is 6.92 Å². The smallest absolute Gasteiger partial charge is 0.110 e. The zero-order valence-corrected chi connectivity index (χ0v) is 9.93. The fraction of sp³-hybridized carbons (Fsp3) is 0.308. The Balaban J connectivity index is 2.24. The Kier molecular flexibility index (Phi) is 3.90. The summed E-state index contributed by atoms with van der Waals surface area (Å²) < 4.78 is 2.12. The van der Waals surface area contributed by atoms with Gasteiger partial charge >= 0.3 is 0 Å². The summed E-state index contributed by atoms with van der Waals surface area (Å²) in [4.78, 5) is 4.33. The number of nitrogens with zero attached hydrogens (tertiary/aromatic N) is 2. The average molecular weight is 231 g/mol. The van der Waals surface area contributed by atoms with Crippen LogP contribution in [0.2, 0.25) is 0 Å². The summed E-state index contributed by atoms with van der Waals surface area (Å²) in [7, 11) is 0. The van der Waals surface area contributed by atoms with Gasteiger partial charge in [0.15, 0.2) is 0 Å². The van der Waals surface area contributed by atoms with Gasteiger partial charge in [-0.2, -0.15) is 0 Å². The fourth-order valence-electron chi connectivity index (χ4n) is 1.84. The van der Waals surface area contributed by atoms with Gasteiger partial charge < -0.3 is 10.4 Å². The lowest BCUT2D eigenvalue weighted by molar-refractivity contribution is 0.291. The molecule has 17 heavy (non-hydrogen) atoms. The molecule has 2 rings (SSSR count). The molecular formula is C13H17N3O. The lowest BCUT2D eigenvalue weighted by Crippen LogP contribution is -2.19. The van der Waals surface area contributed by atoms with Crippen LogP contribution in [0.1, 0.15) is 11.5 Å². The van der Waals surface area contributed by atoms with Crippen molar-refractivity contribution in [1.82, 2.24) is 14.9 Å². The summed E-state index contributed by atoms with van der Waals surface area (Å²) in [5, 5.41) is 11.9. The zero-order valence-electron chi connectivity index (χ0n) is 9.93. The summed E-state index contributed by atoms with van der Waals surface area (Å²) in [6, 6.07) is 10.1. The van der Waals surface area contributed by atoms with Crippen LogP contribution in [-0.2, 0) is 6.54 Å². The van der Waals surface area contributed by atoms with Gasteiger partial charge in [-0.25, -0.2) is 4.98 Å². The van der Waals surface area contributed by atoms with Crippen LogP contribution in [0.3, 0.4) is 0 Å². The molecule has 2 aromatic rings. The number of rotatable bonds is 5. The molecule has 1 aromatic heterocycles. The molecule has 0 saturated heterocycles. The number of imidazole rings is 1. The van der Waals surface area contributed by atoms with Crippen molar-refractivity contribution < 1.29 is 5.11 Å². The Morgan fingerprint density at radius 3 is 2.76 bits per heavy atom. The summed E-state index contributed by atoms with van der Waals surface area (Å²) in [5.41, 5.74) is 2.21. The molecule has 0 spiro atoms. The van der Waals surface area contributed by atoms with Crippen molar-refractivity contribution >= 4 is 0 Å². The first-order valence-electron chi connectivity index (χ1n) is 5.73. The van der Waals surface area contributed by atoms with Gasteiger partial charge in [-0.3, -0.25) is 4.57 Å². The van der Waals surface area contributed by atoms with Crippen molar-refractivity contribution in [1.29, 1.82) is 0 Å². The Morgan fingerprint density at radius 2 is 2.06 bits per heavy atom. The number of hydrogen-bond acceptors (Lipinski definition) is 3. The third-order valence-electron chi connectivity index (χ3n) is 2.62. The van der Waals surface area contributed by atoms with Crippen molar-refractivity contribution in [3.05, 3.63) is 48.0 Å². The van der Waals surface area contributed by atoms with E-state index < -0.39 is 0 Å². The van der Waals surface area contributed by atoms with E-state index in [1.54, 1.807) is 0 Å². The molecule has 0 aliphatic heterocycles. The van der Waals surface area contributed by atoms with Crippen LogP contribution in [0.25, 0.3) is 5.69 Å². The molecule has 4 heteroatoms. The van der Waals surface area contributed by atoms with Crippen molar-refractivity contribution in [3.8, 4) is 5.69 Å². The maximum absolute atomic E-state index is 8.75. The third-order valence-corrected chi connectivity index (χ3v) is 2.62. The highest BCUT2D eigenvalue weighted by molar-refractivity contribution is 5.35. The molecule has 0 fully saturated rings. The van der Waals surface area contributed by atoms with Crippen LogP contribution >= 0.6 is 0 Å². The molecule has 0 atom stereocenters. The second-order valence-corrected chi connectivity index (χ2v) is 3.87. The van der Waals surface area contributed by atoms with E-state index in [4.69, 9.17) is 5.11 Å². The Hall–Kier alpha value is -1.65. The van der Waals surface area contributed by atoms with Crippen molar-refractivity contribution in [2.75, 3.05) is 13.2 Å². The number of benzene rings is 1. The first-order valence-corrected chi connectivity index (χ1v) is 5.73. The fourth-order valence-corrected chi connectivity index (χ4v) is 1.84. The van der Waals surface area contributed by atoms with Crippen LogP contribution < -0.4 is 5.32 Å². The molecule has 0 aliphatic carbocycles. The van der Waals surface area contributed by atoms with Crippen molar-refractivity contribution in [3.63, 3.8) is 0 Å². The summed E-state index contributed by atoms with van der Waals surface area (Å²) >= 11 is 0. The summed E-state index contributed by atoms with van der Waals surface area (Å²) in [6.07, 6.45) is 1.87. The second kappa shape index (κ2) is 5.61. The first-order chi connectivity index (χ1) is 8.33. The van der Waals surface area contributed by atoms with E-state index in [1.165, 1.54) is 0 Å². The Labute approximate surface area is 101 Å². The number of hydrogen-bond donors (Lipinski definition) is 2. The van der Waals surface area contributed by atoms with Crippen LogP contribution in [0.15, 0.2) is 36.5 Å². The molecule has 0 radical (unpaired) electrons. The second-order valence-electron chi connectivity index (χ2n) is 3.87. The SMILES string of the molecule is Cc1ncc(CNCCO)n1-c1ccccc1. The maximum atomic E-state index is 8.75. The van der Waals surface area contributed by atoms with Gasteiger partial charge in [0.25, 0.3) is 0 Å². The number of aryl methyl sites for hydroxylation is 1. The van der Waals surface area contributed by atoms with Crippen molar-refractivity contribution in [2.45, 2.75) is 13.5 Å². The van der Waals surface area contributed by atoms with Crippen LogP contribution in [-0.4, -0.2) is 27.8 Å². The third kappa shape index (κ3) is 2.72. The summed E-state index contributed by atoms with van der Waals surface area (Å²) in [6.45, 7) is 3.44. The predicted molar refractivity (Wildman–Crippen MR) is 67.1 cm³/mol. The van der Waals surface area contributed by atoms with E-state index >= 15 is 0 Å². The topological polar surface area (TPSA) is 50.1 Å². The van der Waals surface area contributed by atoms with E-state index in [0.717, 1.165) is 17.2 Å². The highest BCUT2D eigenvalue weighted by Gasteiger charge is 2.07. The number of aliphatic hydroxyl groups excluding tert-OH is 1. The molecule has 4 nitrogen and oxygen atoms in total. The quantitative estimate of drug-likeness (QED) is 0.762. The van der Waals surface area contributed by atoms with Gasteiger partial charge in [0.1, 0.15) is 5.82 Å². The number of aliphatic hydroxyl groups is 1. The molecular weight excluding hydrogens is 214 g/mol. The van der Waals surface area contributed by atoms with Crippen LogP contribution in [0.4, 0.5) is 0 Å². The van der Waals surface area contributed by atoms with E-state index in [9.17, 15) is 0 Å². The van der Waals surface area contributed by atoms with E-state index in [-0.39, 0.29) is 6.61 Å². The summed E-state index contributed by atoms with van der Waals surface area (Å²) in [5.74, 6) is 0.969. The number of para-hydroxylation sites is 1. The molecule has 0 unspecified atom stereocenters. The number of aromatic nitrogens is 2. The number of nitrogens with one attached hydrogen (secondary N) is 1. The average Bonchev–Trinajstić information content (AvgIpc) is 2.72. The Morgan fingerprint density at radius 1 is 1.29 bits per heavy atom. The highest BCUT2D eigenvalue weighted by Crippen LogP contribution is 2.13. The maximum Gasteiger partial charge on any atom is 0.110 e. The van der Waals surface area contributed by atoms with E-state index in [2.05, 4.69) is 27.0 Å². The molecule has 0 bridgehead atoms. The molecule has 0 aliphatic rings. The predicted octanol–water partition coefficient (Wildman–Crippen LogP) is 1.26. The molecule has 0 amide bonds. The normalized spacial score (nSPS) is 10.7. The molecule has 90 valence electrons. The van der Waals surface area contributed by atoms with E-state index in [0.29, 0.717) is 13.1 Å². The standard InChI is InChI=1S/C13H17N3O/c1-11-15-10-13(9-14-7-8-17)16(11)12-5-3-2-4-6-12/h2-6,10,14,17H,7-9H2,1H3. The van der Waals surface area contributed by atoms with Gasteiger partial charge in [-0.1, -0.05) is 18.2 Å². The molecule has 0 saturated carbocycles. The molecule has 1 heterocycles. The minimum absolute atomic E-state index is 0.151. The minimum atomic E-state index is 0.151. The lowest BCUT2D eigenvalue weighted by Gasteiger charge is -2.10. The van der Waals surface area contributed by atoms with Crippen molar-refractivity contribution in [2.24, 2.45) is 0 Å². The monoisotopic (exact) mass is 231 g/mol. The Bertz CT molecular complexity index is 465. The lowest BCUT2D eigenvalue weighted by atomic mass is 10.3. The zero-order chi connectivity index (χ0) is 12.1. The minimum Gasteiger partial charge on any atom is -0.395 e. The first kappa shape index (κ1) is 11.8. The molecule has 2 N–H and O–H groups in total. The highest BCUT2D eigenvalue weighted by atomic mass is 16.3. The van der Waals surface area contributed by atoms with Gasteiger partial charge in [0, 0.05) is 18.8 Å². The molecule has 1 aromatic carbocycles. The van der Waals surface area contributed by atoms with Gasteiger partial charge in [0.2, 0.25) is 0 Å². The van der Waals surface area contributed by atoms with Gasteiger partial charge in [-0.15, -0.1) is 0 Å². The van der Waals surface area contributed by atoms with Gasteiger partial charge in [0.05, 0.1) is 18.5 Å². The van der Waals surface area contributed by atoms with E-state index in [1.807, 2.05) is 31.3 Å².